The molecular formula is C12H16N2. The van der Waals surface area contributed by atoms with Crippen molar-refractivity contribution in [3.63, 3.8) is 0 Å². The molecule has 0 atom stereocenters. The smallest absolute Gasteiger partial charge is 0.0485 e. The van der Waals surface area contributed by atoms with Crippen molar-refractivity contribution in [2.24, 2.45) is 5.73 Å². The molecule has 2 N–H and O–H groups in total. The normalized spacial score (nSPS) is 11.1. The topological polar surface area (TPSA) is 30.9 Å². The molecule has 0 bridgehead atoms. The van der Waals surface area contributed by atoms with Crippen LogP contribution in [0.3, 0.4) is 0 Å². The minimum atomic E-state index is 0.616. The van der Waals surface area contributed by atoms with E-state index in [-0.39, 0.29) is 0 Å². The maximum atomic E-state index is 5.71. The van der Waals surface area contributed by atoms with E-state index < -0.39 is 0 Å². The molecule has 2 aromatic rings. The first-order valence-electron chi connectivity index (χ1n) is 5.05. The average Bonchev–Trinajstić information content (AvgIpc) is 2.52. The van der Waals surface area contributed by atoms with Crippen molar-refractivity contribution in [1.82, 2.24) is 4.57 Å². The zero-order valence-electron chi connectivity index (χ0n) is 8.75. The third-order valence-corrected chi connectivity index (χ3v) is 2.78. The highest BCUT2D eigenvalue weighted by Gasteiger charge is 2.06. The van der Waals surface area contributed by atoms with Gasteiger partial charge in [0.1, 0.15) is 0 Å². The van der Waals surface area contributed by atoms with Crippen molar-refractivity contribution in [1.29, 1.82) is 0 Å². The molecule has 14 heavy (non-hydrogen) atoms. The van der Waals surface area contributed by atoms with Gasteiger partial charge in [-0.3, -0.25) is 0 Å². The molecule has 2 rings (SSSR count). The molecule has 2 heteroatoms. The lowest BCUT2D eigenvalue weighted by Crippen LogP contribution is -1.98. The van der Waals surface area contributed by atoms with Gasteiger partial charge in [0.15, 0.2) is 0 Å². The van der Waals surface area contributed by atoms with Gasteiger partial charge in [0.2, 0.25) is 0 Å². The Hall–Kier alpha value is -1.28. The zero-order chi connectivity index (χ0) is 10.1. The summed E-state index contributed by atoms with van der Waals surface area (Å²) in [7, 11) is 0. The highest BCUT2D eigenvalue weighted by molar-refractivity contribution is 5.84. The Balaban J connectivity index is 2.79. The molecular weight excluding hydrogens is 172 g/mol. The fourth-order valence-electron chi connectivity index (χ4n) is 2.08. The first-order chi connectivity index (χ1) is 6.77. The van der Waals surface area contributed by atoms with Crippen LogP contribution in [0.2, 0.25) is 0 Å². The number of aromatic nitrogens is 1. The Morgan fingerprint density at radius 2 is 2.14 bits per heavy atom. The summed E-state index contributed by atoms with van der Waals surface area (Å²) in [4.78, 5) is 0. The number of nitrogens with zero attached hydrogens (tertiary/aromatic N) is 1. The van der Waals surface area contributed by atoms with Gasteiger partial charge in [-0.25, -0.2) is 0 Å². The van der Waals surface area contributed by atoms with Crippen molar-refractivity contribution in [2.75, 3.05) is 0 Å². The molecule has 2 nitrogen and oxygen atoms in total. The molecule has 0 spiro atoms. The number of fused-ring (bicyclic) bond motifs is 1. The summed E-state index contributed by atoms with van der Waals surface area (Å²) in [5.74, 6) is 0. The van der Waals surface area contributed by atoms with Crippen LogP contribution >= 0.6 is 0 Å². The fourth-order valence-corrected chi connectivity index (χ4v) is 2.08. The van der Waals surface area contributed by atoms with Gasteiger partial charge in [0.25, 0.3) is 0 Å². The predicted molar refractivity (Wildman–Crippen MR) is 60.2 cm³/mol. The van der Waals surface area contributed by atoms with Gasteiger partial charge in [-0.1, -0.05) is 12.1 Å². The van der Waals surface area contributed by atoms with Gasteiger partial charge < -0.3 is 10.3 Å². The summed E-state index contributed by atoms with van der Waals surface area (Å²) in [6.07, 6.45) is 0. The largest absolute Gasteiger partial charge is 0.345 e. The van der Waals surface area contributed by atoms with E-state index in [1.807, 2.05) is 0 Å². The summed E-state index contributed by atoms with van der Waals surface area (Å²) in [6.45, 7) is 5.94. The molecule has 0 aliphatic rings. The third kappa shape index (κ3) is 1.23. The number of benzene rings is 1. The quantitative estimate of drug-likeness (QED) is 0.771. The number of rotatable bonds is 2. The molecule has 0 amide bonds. The molecule has 1 heterocycles. The number of hydrogen-bond acceptors (Lipinski definition) is 1. The van der Waals surface area contributed by atoms with E-state index in [4.69, 9.17) is 5.73 Å². The highest BCUT2D eigenvalue weighted by atomic mass is 15.0. The Morgan fingerprint density at radius 3 is 2.79 bits per heavy atom. The van der Waals surface area contributed by atoms with E-state index in [0.717, 1.165) is 6.54 Å². The van der Waals surface area contributed by atoms with Gasteiger partial charge in [-0.05, 0) is 31.5 Å². The van der Waals surface area contributed by atoms with Crippen molar-refractivity contribution in [3.8, 4) is 0 Å². The first-order valence-corrected chi connectivity index (χ1v) is 5.05. The van der Waals surface area contributed by atoms with Crippen LogP contribution < -0.4 is 5.73 Å². The molecule has 0 saturated carbocycles. The van der Waals surface area contributed by atoms with E-state index in [0.29, 0.717) is 6.54 Å². The molecule has 0 unspecified atom stereocenters. The van der Waals surface area contributed by atoms with Gasteiger partial charge in [0.05, 0.1) is 0 Å². The molecule has 1 aromatic heterocycles. The molecule has 0 fully saturated rings. The fraction of sp³-hybridized carbons (Fsp3) is 0.333. The summed E-state index contributed by atoms with van der Waals surface area (Å²) in [5, 5.41) is 1.30. The third-order valence-electron chi connectivity index (χ3n) is 2.78. The number of aryl methyl sites for hydroxylation is 2. The summed E-state index contributed by atoms with van der Waals surface area (Å²) >= 11 is 0. The second-order valence-corrected chi connectivity index (χ2v) is 3.58. The summed E-state index contributed by atoms with van der Waals surface area (Å²) in [5.41, 5.74) is 9.55. The van der Waals surface area contributed by atoms with Crippen LogP contribution in [-0.2, 0) is 13.1 Å². The van der Waals surface area contributed by atoms with Crippen LogP contribution in [0.1, 0.15) is 18.2 Å². The lowest BCUT2D eigenvalue weighted by Gasteiger charge is -2.04. The second kappa shape index (κ2) is 3.46. The van der Waals surface area contributed by atoms with Crippen LogP contribution in [0.5, 0.6) is 0 Å². The monoisotopic (exact) mass is 188 g/mol. The summed E-state index contributed by atoms with van der Waals surface area (Å²) < 4.78 is 2.31. The molecule has 74 valence electrons. The van der Waals surface area contributed by atoms with Crippen LogP contribution in [0, 0.1) is 6.92 Å². The second-order valence-electron chi connectivity index (χ2n) is 3.58. The van der Waals surface area contributed by atoms with Crippen LogP contribution in [0.25, 0.3) is 10.9 Å². The lowest BCUT2D eigenvalue weighted by atomic mass is 10.1. The van der Waals surface area contributed by atoms with Gasteiger partial charge in [-0.15, -0.1) is 0 Å². The molecule has 0 aliphatic carbocycles. The van der Waals surface area contributed by atoms with Crippen LogP contribution in [0.15, 0.2) is 24.3 Å². The van der Waals surface area contributed by atoms with Crippen molar-refractivity contribution < 1.29 is 0 Å². The predicted octanol–water partition coefficient (Wildman–Crippen LogP) is 2.43. The number of nitrogens with two attached hydrogens (primary N) is 1. The Bertz CT molecular complexity index is 455. The minimum Gasteiger partial charge on any atom is -0.345 e. The van der Waals surface area contributed by atoms with Gasteiger partial charge >= 0.3 is 0 Å². The maximum Gasteiger partial charge on any atom is 0.0485 e. The average molecular weight is 188 g/mol. The van der Waals surface area contributed by atoms with Crippen LogP contribution in [0.4, 0.5) is 0 Å². The van der Waals surface area contributed by atoms with Crippen molar-refractivity contribution in [2.45, 2.75) is 26.9 Å². The van der Waals surface area contributed by atoms with E-state index in [1.54, 1.807) is 0 Å². The first kappa shape index (κ1) is 9.28. The maximum absolute atomic E-state index is 5.71. The Labute approximate surface area is 84.3 Å². The Kier molecular flexibility index (Phi) is 2.30. The van der Waals surface area contributed by atoms with E-state index in [9.17, 15) is 0 Å². The van der Waals surface area contributed by atoms with Gasteiger partial charge in [-0.2, -0.15) is 0 Å². The lowest BCUT2D eigenvalue weighted by molar-refractivity contribution is 0.769. The molecule has 1 aromatic carbocycles. The minimum absolute atomic E-state index is 0.616. The SMILES string of the molecule is CCn1c(C)cc2c(CN)cccc21. The number of hydrogen-bond donors (Lipinski definition) is 1. The Morgan fingerprint density at radius 1 is 1.36 bits per heavy atom. The summed E-state index contributed by atoms with van der Waals surface area (Å²) in [6, 6.07) is 8.56. The molecule has 0 saturated heterocycles. The van der Waals surface area contributed by atoms with E-state index in [2.05, 4.69) is 42.7 Å². The van der Waals surface area contributed by atoms with Crippen molar-refractivity contribution >= 4 is 10.9 Å². The zero-order valence-corrected chi connectivity index (χ0v) is 8.75. The highest BCUT2D eigenvalue weighted by Crippen LogP contribution is 2.22. The molecule has 0 aliphatic heterocycles. The van der Waals surface area contributed by atoms with Crippen LogP contribution in [-0.4, -0.2) is 4.57 Å². The van der Waals surface area contributed by atoms with E-state index >= 15 is 0 Å². The van der Waals surface area contributed by atoms with Gasteiger partial charge in [0, 0.05) is 29.7 Å². The van der Waals surface area contributed by atoms with Crippen molar-refractivity contribution in [3.05, 3.63) is 35.5 Å². The molecule has 0 radical (unpaired) electrons. The van der Waals surface area contributed by atoms with E-state index in [1.165, 1.54) is 22.2 Å². The standard InChI is InChI=1S/C12H16N2/c1-3-14-9(2)7-11-10(8-13)5-4-6-12(11)14/h4-7H,3,8,13H2,1-2H3.